The molecule has 7 heteroatoms. The Morgan fingerprint density at radius 1 is 1.21 bits per heavy atom. The minimum absolute atomic E-state index is 0.324. The molecule has 0 unspecified atom stereocenters. The quantitative estimate of drug-likeness (QED) is 0.692. The number of para-hydroxylation sites is 1. The van der Waals surface area contributed by atoms with Crippen molar-refractivity contribution in [3.05, 3.63) is 50.8 Å². The monoisotopic (exact) mass is 405 g/mol. The van der Waals surface area contributed by atoms with Gasteiger partial charge in [0, 0.05) is 23.8 Å². The number of rotatable bonds is 4. The molecule has 3 aromatic rings. The van der Waals surface area contributed by atoms with Crippen molar-refractivity contribution in [1.29, 1.82) is 0 Å². The molecule has 3 heterocycles. The van der Waals surface area contributed by atoms with Gasteiger partial charge in [-0.2, -0.15) is 14.6 Å². The largest absolute Gasteiger partial charge is 0.383 e. The molecule has 1 fully saturated rings. The van der Waals surface area contributed by atoms with E-state index in [1.165, 1.54) is 43.4 Å². The lowest BCUT2D eigenvalue weighted by molar-refractivity contribution is 0.339. The van der Waals surface area contributed by atoms with E-state index in [9.17, 15) is 4.79 Å². The molecule has 2 N–H and O–H groups in total. The molecular formula is C22H23N5OS. The average molecular weight is 406 g/mol. The van der Waals surface area contributed by atoms with Crippen molar-refractivity contribution in [2.24, 2.45) is 10.9 Å². The lowest BCUT2D eigenvalue weighted by Gasteiger charge is -2.20. The van der Waals surface area contributed by atoms with Crippen LogP contribution in [0.15, 0.2) is 34.1 Å². The number of nitrogens with zero attached hydrogens (tertiary/aromatic N) is 4. The minimum Gasteiger partial charge on any atom is -0.383 e. The first kappa shape index (κ1) is 18.2. The molecule has 5 rings (SSSR count). The van der Waals surface area contributed by atoms with Crippen molar-refractivity contribution in [3.8, 4) is 0 Å². The van der Waals surface area contributed by atoms with E-state index in [2.05, 4.69) is 15.1 Å². The standard InChI is InChI=1S/C22H23N5OS/c23-20-17(12-15-13-24-18-9-5-4-8-16(15)18)21(28)25-22-27(20)26-19(29-22)11-10-14-6-2-1-3-7-14/h4-5,8-9,12-14H,1-3,6-7,10-11,23H2/b15-12+. The molecule has 2 aliphatic rings. The van der Waals surface area contributed by atoms with Crippen LogP contribution in [0.2, 0.25) is 0 Å². The predicted molar refractivity (Wildman–Crippen MR) is 119 cm³/mol. The zero-order valence-electron chi connectivity index (χ0n) is 16.2. The highest BCUT2D eigenvalue weighted by atomic mass is 32.1. The van der Waals surface area contributed by atoms with Crippen LogP contribution in [0.4, 0.5) is 11.5 Å². The van der Waals surface area contributed by atoms with Crippen LogP contribution in [-0.4, -0.2) is 20.8 Å². The third-order valence-corrected chi connectivity index (χ3v) is 6.85. The van der Waals surface area contributed by atoms with Gasteiger partial charge in [0.25, 0.3) is 5.56 Å². The lowest BCUT2D eigenvalue weighted by Crippen LogP contribution is -2.16. The number of anilines is 1. The first-order chi connectivity index (χ1) is 14.2. The van der Waals surface area contributed by atoms with Crippen LogP contribution in [-0.2, 0) is 6.42 Å². The summed E-state index contributed by atoms with van der Waals surface area (Å²) in [6.45, 7) is 0. The van der Waals surface area contributed by atoms with Gasteiger partial charge in [0.15, 0.2) is 0 Å². The fraction of sp³-hybridized carbons (Fsp3) is 0.364. The smallest absolute Gasteiger partial charge is 0.283 e. The maximum atomic E-state index is 12.7. The summed E-state index contributed by atoms with van der Waals surface area (Å²) in [7, 11) is 0. The van der Waals surface area contributed by atoms with E-state index < -0.39 is 0 Å². The topological polar surface area (TPSA) is 85.6 Å². The molecule has 2 aromatic heterocycles. The molecule has 148 valence electrons. The molecule has 1 aliphatic heterocycles. The second-order valence-electron chi connectivity index (χ2n) is 7.82. The summed E-state index contributed by atoms with van der Waals surface area (Å²) < 4.78 is 1.62. The van der Waals surface area contributed by atoms with Gasteiger partial charge in [-0.1, -0.05) is 61.6 Å². The Labute approximate surface area is 172 Å². The van der Waals surface area contributed by atoms with Gasteiger partial charge in [0.2, 0.25) is 4.96 Å². The number of hydrogen-bond donors (Lipinski definition) is 1. The van der Waals surface area contributed by atoms with E-state index >= 15 is 0 Å². The summed E-state index contributed by atoms with van der Waals surface area (Å²) in [6.07, 6.45) is 12.3. The van der Waals surface area contributed by atoms with Crippen molar-refractivity contribution in [2.45, 2.75) is 44.9 Å². The molecule has 1 aromatic carbocycles. The predicted octanol–water partition coefficient (Wildman–Crippen LogP) is 4.50. The first-order valence-corrected chi connectivity index (χ1v) is 11.0. The number of aromatic nitrogens is 3. The van der Waals surface area contributed by atoms with E-state index in [-0.39, 0.29) is 5.56 Å². The fourth-order valence-corrected chi connectivity index (χ4v) is 5.18. The summed E-state index contributed by atoms with van der Waals surface area (Å²) in [5, 5.41) is 5.66. The van der Waals surface area contributed by atoms with Crippen molar-refractivity contribution in [1.82, 2.24) is 14.6 Å². The van der Waals surface area contributed by atoms with Crippen molar-refractivity contribution < 1.29 is 0 Å². The van der Waals surface area contributed by atoms with Gasteiger partial charge in [-0.3, -0.25) is 9.79 Å². The van der Waals surface area contributed by atoms with E-state index in [0.29, 0.717) is 16.3 Å². The molecule has 0 radical (unpaired) electrons. The Morgan fingerprint density at radius 2 is 2.03 bits per heavy atom. The van der Waals surface area contributed by atoms with Crippen LogP contribution in [0.5, 0.6) is 0 Å². The number of nitrogen functional groups attached to an aromatic ring is 1. The first-order valence-electron chi connectivity index (χ1n) is 10.2. The van der Waals surface area contributed by atoms with E-state index in [1.807, 2.05) is 24.3 Å². The minimum atomic E-state index is -0.324. The van der Waals surface area contributed by atoms with E-state index in [1.54, 1.807) is 16.8 Å². The summed E-state index contributed by atoms with van der Waals surface area (Å²) in [5.41, 5.74) is 9.13. The zero-order valence-corrected chi connectivity index (χ0v) is 17.0. The van der Waals surface area contributed by atoms with Gasteiger partial charge >= 0.3 is 0 Å². The van der Waals surface area contributed by atoms with Crippen molar-refractivity contribution in [3.63, 3.8) is 0 Å². The summed E-state index contributed by atoms with van der Waals surface area (Å²) >= 11 is 1.47. The Bertz CT molecular complexity index is 1180. The molecule has 6 nitrogen and oxygen atoms in total. The molecule has 0 spiro atoms. The van der Waals surface area contributed by atoms with Gasteiger partial charge in [-0.25, -0.2) is 0 Å². The number of nitrogens with two attached hydrogens (primary N) is 1. The third kappa shape index (κ3) is 3.51. The van der Waals surface area contributed by atoms with E-state index in [0.717, 1.165) is 40.6 Å². The molecule has 1 aliphatic carbocycles. The summed E-state index contributed by atoms with van der Waals surface area (Å²) in [4.78, 5) is 21.9. The Kier molecular flexibility index (Phi) is 4.75. The maximum absolute atomic E-state index is 12.7. The second-order valence-corrected chi connectivity index (χ2v) is 8.86. The number of aliphatic imine (C=N–C) groups is 1. The maximum Gasteiger partial charge on any atom is 0.283 e. The van der Waals surface area contributed by atoms with E-state index in [4.69, 9.17) is 5.73 Å². The van der Waals surface area contributed by atoms with Gasteiger partial charge in [0.1, 0.15) is 10.8 Å². The van der Waals surface area contributed by atoms with Crippen molar-refractivity contribution >= 4 is 45.7 Å². The van der Waals surface area contributed by atoms with Gasteiger partial charge in [-0.05, 0) is 24.5 Å². The highest BCUT2D eigenvalue weighted by molar-refractivity contribution is 7.16. The number of fused-ring (bicyclic) bond motifs is 2. The molecule has 0 atom stereocenters. The second kappa shape index (κ2) is 7.55. The molecule has 0 amide bonds. The zero-order chi connectivity index (χ0) is 19.8. The van der Waals surface area contributed by atoms with Crippen LogP contribution in [0, 0.1) is 5.92 Å². The highest BCUT2D eigenvalue weighted by Gasteiger charge is 2.18. The SMILES string of the molecule is Nc1c(/C=C2\C=Nc3ccccc32)c(=O)nc2sc(CCC3CCCCC3)nn12. The number of allylic oxidation sites excluding steroid dienone is 1. The highest BCUT2D eigenvalue weighted by Crippen LogP contribution is 2.33. The Hall–Kier alpha value is -2.80. The van der Waals surface area contributed by atoms with Crippen LogP contribution in [0.1, 0.15) is 54.7 Å². The lowest BCUT2D eigenvalue weighted by atomic mass is 9.86. The average Bonchev–Trinajstić information content (AvgIpc) is 3.34. The Morgan fingerprint density at radius 3 is 2.90 bits per heavy atom. The molecule has 0 bridgehead atoms. The molecule has 29 heavy (non-hydrogen) atoms. The van der Waals surface area contributed by atoms with Crippen LogP contribution in [0.3, 0.4) is 0 Å². The fourth-order valence-electron chi connectivity index (χ4n) is 4.27. The molecule has 0 saturated heterocycles. The molecular weight excluding hydrogens is 382 g/mol. The van der Waals surface area contributed by atoms with Gasteiger partial charge in [-0.15, -0.1) is 0 Å². The summed E-state index contributed by atoms with van der Waals surface area (Å²) in [5.74, 6) is 1.13. The van der Waals surface area contributed by atoms with Gasteiger partial charge in [0.05, 0.1) is 11.3 Å². The normalized spacial score (nSPS) is 18.0. The number of hydrogen-bond acceptors (Lipinski definition) is 6. The Balaban J connectivity index is 1.46. The van der Waals surface area contributed by atoms with Crippen LogP contribution < -0.4 is 11.3 Å². The molecule has 1 saturated carbocycles. The van der Waals surface area contributed by atoms with Crippen LogP contribution >= 0.6 is 11.3 Å². The third-order valence-electron chi connectivity index (χ3n) is 5.88. The van der Waals surface area contributed by atoms with Crippen molar-refractivity contribution in [2.75, 3.05) is 5.73 Å². The number of aryl methyl sites for hydroxylation is 1. The number of benzene rings is 1. The van der Waals surface area contributed by atoms with Gasteiger partial charge < -0.3 is 5.73 Å². The summed E-state index contributed by atoms with van der Waals surface area (Å²) in [6, 6.07) is 7.83. The van der Waals surface area contributed by atoms with Crippen LogP contribution in [0.25, 0.3) is 16.6 Å².